The largest absolute Gasteiger partial charge is 0.497 e. The smallest absolute Gasteiger partial charge is 0.184 e. The molecule has 0 saturated carbocycles. The van der Waals surface area contributed by atoms with Gasteiger partial charge in [0.25, 0.3) is 0 Å². The van der Waals surface area contributed by atoms with Crippen LogP contribution in [0.2, 0.25) is 0 Å². The molecule has 1 aromatic heterocycles. The molecule has 0 aliphatic heterocycles. The maximum atomic E-state index is 12.2. The lowest BCUT2D eigenvalue weighted by atomic mass is 10.3. The Hall–Kier alpha value is -2.08. The summed E-state index contributed by atoms with van der Waals surface area (Å²) in [5, 5.41) is 0. The predicted molar refractivity (Wildman–Crippen MR) is 72.5 cm³/mol. The summed E-state index contributed by atoms with van der Waals surface area (Å²) in [5.41, 5.74) is 6.50. The Balaban J connectivity index is 2.28. The Labute approximate surface area is 112 Å². The summed E-state index contributed by atoms with van der Waals surface area (Å²) in [7, 11) is -1.91. The van der Waals surface area contributed by atoms with Crippen LogP contribution < -0.4 is 10.5 Å². The summed E-state index contributed by atoms with van der Waals surface area (Å²) in [6.07, 6.45) is 1.52. The van der Waals surface area contributed by atoms with Crippen LogP contribution in [0.4, 0.5) is 5.69 Å². The molecule has 100 valence electrons. The Morgan fingerprint density at radius 1 is 1.21 bits per heavy atom. The molecule has 5 nitrogen and oxygen atoms in total. The second-order valence-electron chi connectivity index (χ2n) is 4.02. The predicted octanol–water partition coefficient (Wildman–Crippen LogP) is 1.65. The molecule has 6 heteroatoms. The van der Waals surface area contributed by atoms with Crippen molar-refractivity contribution in [1.82, 2.24) is 4.98 Å². The number of nitrogen functional groups attached to an aromatic ring is 1. The molecule has 2 rings (SSSR count). The van der Waals surface area contributed by atoms with Gasteiger partial charge in [-0.2, -0.15) is 0 Å². The van der Waals surface area contributed by atoms with Crippen LogP contribution in [0.25, 0.3) is 0 Å². The molecule has 0 spiro atoms. The van der Waals surface area contributed by atoms with Crippen LogP contribution in [-0.4, -0.2) is 20.5 Å². The van der Waals surface area contributed by atoms with Gasteiger partial charge in [-0.1, -0.05) is 0 Å². The van der Waals surface area contributed by atoms with Gasteiger partial charge in [-0.05, 0) is 30.3 Å². The molecule has 0 fully saturated rings. The monoisotopic (exact) mass is 278 g/mol. The minimum absolute atomic E-state index is 0.173. The van der Waals surface area contributed by atoms with Crippen molar-refractivity contribution in [3.05, 3.63) is 48.3 Å². The number of hydrogen-bond acceptors (Lipinski definition) is 5. The number of benzene rings is 1. The second kappa shape index (κ2) is 5.27. The lowest BCUT2D eigenvalue weighted by molar-refractivity contribution is 0.413. The number of ether oxygens (including phenoxy) is 1. The van der Waals surface area contributed by atoms with Gasteiger partial charge in [0.15, 0.2) is 9.84 Å². The summed E-state index contributed by atoms with van der Waals surface area (Å²) < 4.78 is 29.4. The summed E-state index contributed by atoms with van der Waals surface area (Å²) in [4.78, 5) is 4.26. The van der Waals surface area contributed by atoms with Crippen LogP contribution in [0.1, 0.15) is 5.69 Å². The Morgan fingerprint density at radius 3 is 2.53 bits per heavy atom. The molecular weight excluding hydrogens is 264 g/mol. The lowest BCUT2D eigenvalue weighted by Gasteiger charge is -2.06. The van der Waals surface area contributed by atoms with Gasteiger partial charge in [0, 0.05) is 18.0 Å². The molecule has 1 aromatic carbocycles. The number of methoxy groups -OCH3 is 1. The van der Waals surface area contributed by atoms with Gasteiger partial charge in [-0.3, -0.25) is 4.98 Å². The van der Waals surface area contributed by atoms with Gasteiger partial charge in [-0.25, -0.2) is 8.42 Å². The first-order valence-corrected chi connectivity index (χ1v) is 7.24. The van der Waals surface area contributed by atoms with E-state index in [4.69, 9.17) is 10.5 Å². The zero-order valence-electron chi connectivity index (χ0n) is 10.4. The minimum Gasteiger partial charge on any atom is -0.497 e. The first kappa shape index (κ1) is 13.4. The first-order chi connectivity index (χ1) is 9.01. The number of pyridine rings is 1. The van der Waals surface area contributed by atoms with E-state index in [-0.39, 0.29) is 10.6 Å². The molecule has 0 aliphatic carbocycles. The highest BCUT2D eigenvalue weighted by Crippen LogP contribution is 2.19. The molecule has 2 N–H and O–H groups in total. The number of nitrogens with zero attached hydrogens (tertiary/aromatic N) is 1. The van der Waals surface area contributed by atoms with Crippen LogP contribution in [0.15, 0.2) is 47.5 Å². The Kier molecular flexibility index (Phi) is 3.71. The molecule has 2 aromatic rings. The lowest BCUT2D eigenvalue weighted by Crippen LogP contribution is -2.06. The van der Waals surface area contributed by atoms with Crippen LogP contribution in [0.3, 0.4) is 0 Å². The van der Waals surface area contributed by atoms with Crippen LogP contribution in [0.5, 0.6) is 5.75 Å². The first-order valence-electron chi connectivity index (χ1n) is 5.58. The van der Waals surface area contributed by atoms with Crippen molar-refractivity contribution in [2.24, 2.45) is 0 Å². The Morgan fingerprint density at radius 2 is 1.89 bits per heavy atom. The zero-order valence-corrected chi connectivity index (χ0v) is 11.2. The molecule has 0 amide bonds. The molecule has 0 radical (unpaired) electrons. The van der Waals surface area contributed by atoms with Gasteiger partial charge in [-0.15, -0.1) is 0 Å². The van der Waals surface area contributed by atoms with Gasteiger partial charge in [0.1, 0.15) is 5.75 Å². The standard InChI is InChI=1S/C13H14N2O3S/c1-18-12-6-7-15-11(8-12)9-19(16,17)13-4-2-10(14)3-5-13/h2-8H,9,14H2,1H3. The minimum atomic E-state index is -3.43. The van der Waals surface area contributed by atoms with Crippen LogP contribution in [0, 0.1) is 0 Å². The number of anilines is 1. The molecule has 0 unspecified atom stereocenters. The molecule has 0 aliphatic rings. The molecular formula is C13H14N2O3S. The number of hydrogen-bond donors (Lipinski definition) is 1. The normalized spacial score (nSPS) is 11.2. The summed E-state index contributed by atoms with van der Waals surface area (Å²) in [6.45, 7) is 0. The molecule has 0 bridgehead atoms. The van der Waals surface area contributed by atoms with E-state index in [0.717, 1.165) is 0 Å². The fourth-order valence-corrected chi connectivity index (χ4v) is 2.88. The number of sulfone groups is 1. The highest BCUT2D eigenvalue weighted by molar-refractivity contribution is 7.90. The van der Waals surface area contributed by atoms with Crippen molar-refractivity contribution in [3.8, 4) is 5.75 Å². The van der Waals surface area contributed by atoms with Crippen molar-refractivity contribution in [1.29, 1.82) is 0 Å². The SMILES string of the molecule is COc1ccnc(CS(=O)(=O)c2ccc(N)cc2)c1. The van der Waals surface area contributed by atoms with Crippen molar-refractivity contribution >= 4 is 15.5 Å². The van der Waals surface area contributed by atoms with Gasteiger partial charge in [0.05, 0.1) is 23.5 Å². The second-order valence-corrected chi connectivity index (χ2v) is 6.00. The topological polar surface area (TPSA) is 82.3 Å². The zero-order chi connectivity index (χ0) is 13.9. The number of aromatic nitrogens is 1. The average molecular weight is 278 g/mol. The van der Waals surface area contributed by atoms with Crippen LogP contribution in [-0.2, 0) is 15.6 Å². The summed E-state index contributed by atoms with van der Waals surface area (Å²) in [6, 6.07) is 9.38. The van der Waals surface area contributed by atoms with Crippen molar-refractivity contribution in [3.63, 3.8) is 0 Å². The van der Waals surface area contributed by atoms with E-state index in [0.29, 0.717) is 17.1 Å². The van der Waals surface area contributed by atoms with Crippen molar-refractivity contribution in [2.45, 2.75) is 10.6 Å². The van der Waals surface area contributed by atoms with Crippen molar-refractivity contribution in [2.75, 3.05) is 12.8 Å². The number of rotatable bonds is 4. The van der Waals surface area contributed by atoms with Crippen molar-refractivity contribution < 1.29 is 13.2 Å². The van der Waals surface area contributed by atoms with Gasteiger partial charge in [0.2, 0.25) is 0 Å². The van der Waals surface area contributed by atoms with Gasteiger partial charge < -0.3 is 10.5 Å². The highest BCUT2D eigenvalue weighted by Gasteiger charge is 2.16. The maximum absolute atomic E-state index is 12.2. The third-order valence-electron chi connectivity index (χ3n) is 2.60. The molecule has 0 atom stereocenters. The third kappa shape index (κ3) is 3.23. The molecule has 1 heterocycles. The fourth-order valence-electron chi connectivity index (χ4n) is 1.62. The van der Waals surface area contributed by atoms with Crippen LogP contribution >= 0.6 is 0 Å². The van der Waals surface area contributed by atoms with Gasteiger partial charge >= 0.3 is 0 Å². The van der Waals surface area contributed by atoms with E-state index in [1.807, 2.05) is 0 Å². The van der Waals surface area contributed by atoms with E-state index in [1.54, 1.807) is 24.3 Å². The van der Waals surface area contributed by atoms with E-state index >= 15 is 0 Å². The van der Waals surface area contributed by atoms with E-state index in [2.05, 4.69) is 4.98 Å². The molecule has 19 heavy (non-hydrogen) atoms. The Bertz CT molecular complexity index is 667. The molecule has 0 saturated heterocycles. The van der Waals surface area contributed by atoms with E-state index in [9.17, 15) is 8.42 Å². The third-order valence-corrected chi connectivity index (χ3v) is 4.27. The van der Waals surface area contributed by atoms with E-state index < -0.39 is 9.84 Å². The fraction of sp³-hybridized carbons (Fsp3) is 0.154. The summed E-state index contributed by atoms with van der Waals surface area (Å²) in [5.74, 6) is 0.409. The highest BCUT2D eigenvalue weighted by atomic mass is 32.2. The average Bonchev–Trinajstić information content (AvgIpc) is 2.39. The maximum Gasteiger partial charge on any atom is 0.184 e. The van der Waals surface area contributed by atoms with E-state index in [1.165, 1.54) is 25.4 Å². The summed E-state index contributed by atoms with van der Waals surface area (Å²) >= 11 is 0. The number of nitrogens with two attached hydrogens (primary N) is 1. The quantitative estimate of drug-likeness (QED) is 0.860.